The molecular formula is C22H23N2+. The molecule has 0 atom stereocenters. The molecule has 1 N–H and O–H groups in total. The molecule has 0 fully saturated rings. The summed E-state index contributed by atoms with van der Waals surface area (Å²) in [5.41, 5.74) is 7.25. The summed E-state index contributed by atoms with van der Waals surface area (Å²) < 4.78 is 2.12. The van der Waals surface area contributed by atoms with E-state index in [0.29, 0.717) is 0 Å². The summed E-state index contributed by atoms with van der Waals surface area (Å²) in [6.07, 6.45) is 8.73. The maximum absolute atomic E-state index is 3.18. The fraction of sp³-hybridized carbons (Fsp3) is 0.136. The molecular weight excluding hydrogens is 292 g/mol. The second-order valence-electron chi connectivity index (χ2n) is 6.01. The first-order valence-corrected chi connectivity index (χ1v) is 8.17. The highest BCUT2D eigenvalue weighted by molar-refractivity contribution is 6.03. The van der Waals surface area contributed by atoms with Gasteiger partial charge in [-0.15, -0.1) is 0 Å². The largest absolute Gasteiger partial charge is 0.388 e. The molecule has 120 valence electrons. The van der Waals surface area contributed by atoms with Crippen molar-refractivity contribution in [3.8, 4) is 0 Å². The Morgan fingerprint density at radius 3 is 1.88 bits per heavy atom. The highest BCUT2D eigenvalue weighted by Crippen LogP contribution is 2.30. The van der Waals surface area contributed by atoms with Crippen molar-refractivity contribution < 1.29 is 4.58 Å². The molecule has 0 saturated heterocycles. The fourth-order valence-corrected chi connectivity index (χ4v) is 2.83. The molecule has 2 nitrogen and oxygen atoms in total. The molecule has 1 aliphatic carbocycles. The van der Waals surface area contributed by atoms with Gasteiger partial charge in [-0.05, 0) is 46.6 Å². The summed E-state index contributed by atoms with van der Waals surface area (Å²) >= 11 is 0. The molecule has 3 rings (SSSR count). The molecule has 0 heterocycles. The number of hydrogen-bond donors (Lipinski definition) is 1. The van der Waals surface area contributed by atoms with E-state index in [0.717, 1.165) is 5.69 Å². The number of rotatable bonds is 3. The Morgan fingerprint density at radius 2 is 1.33 bits per heavy atom. The van der Waals surface area contributed by atoms with Gasteiger partial charge < -0.3 is 5.32 Å². The van der Waals surface area contributed by atoms with Gasteiger partial charge in [-0.2, -0.15) is 0 Å². The molecule has 0 unspecified atom stereocenters. The maximum Gasteiger partial charge on any atom is 0.199 e. The zero-order chi connectivity index (χ0) is 16.9. The topological polar surface area (TPSA) is 15.0 Å². The first kappa shape index (κ1) is 16.0. The van der Waals surface area contributed by atoms with Crippen LogP contribution in [0.25, 0.3) is 5.57 Å². The van der Waals surface area contributed by atoms with Crippen LogP contribution in [-0.4, -0.2) is 31.4 Å². The van der Waals surface area contributed by atoms with E-state index in [4.69, 9.17) is 0 Å². The summed E-state index contributed by atoms with van der Waals surface area (Å²) in [7, 11) is 6.07. The molecule has 1 aliphatic rings. The van der Waals surface area contributed by atoms with Gasteiger partial charge in [0.2, 0.25) is 0 Å². The lowest BCUT2D eigenvalue weighted by Crippen LogP contribution is -2.10. The van der Waals surface area contributed by atoms with Crippen molar-refractivity contribution in [1.29, 1.82) is 0 Å². The number of nitrogens with one attached hydrogen (secondary N) is 1. The average Bonchev–Trinajstić information content (AvgIpc) is 2.64. The molecule has 0 bridgehead atoms. The molecule has 0 amide bonds. The van der Waals surface area contributed by atoms with Crippen LogP contribution < -0.4 is 5.32 Å². The van der Waals surface area contributed by atoms with Crippen LogP contribution in [0.2, 0.25) is 0 Å². The van der Waals surface area contributed by atoms with Crippen molar-refractivity contribution >= 4 is 17.0 Å². The minimum Gasteiger partial charge on any atom is -0.388 e. The van der Waals surface area contributed by atoms with Crippen LogP contribution >= 0.6 is 0 Å². The number of allylic oxidation sites excluding steroid dienone is 5. The zero-order valence-corrected chi connectivity index (χ0v) is 14.5. The minimum atomic E-state index is 1.12. The van der Waals surface area contributed by atoms with Crippen molar-refractivity contribution in [3.05, 3.63) is 95.6 Å². The van der Waals surface area contributed by atoms with Crippen LogP contribution in [-0.2, 0) is 0 Å². The molecule has 0 aliphatic heterocycles. The lowest BCUT2D eigenvalue weighted by atomic mass is 9.91. The van der Waals surface area contributed by atoms with E-state index in [1.165, 1.54) is 28.0 Å². The van der Waals surface area contributed by atoms with E-state index in [2.05, 4.69) is 103 Å². The van der Waals surface area contributed by atoms with Crippen molar-refractivity contribution in [3.63, 3.8) is 0 Å². The third-order valence-corrected chi connectivity index (χ3v) is 4.20. The molecule has 24 heavy (non-hydrogen) atoms. The van der Waals surface area contributed by atoms with Crippen LogP contribution in [0.15, 0.2) is 84.5 Å². The Labute approximate surface area is 144 Å². The summed E-state index contributed by atoms with van der Waals surface area (Å²) in [5, 5.41) is 3.18. The van der Waals surface area contributed by atoms with Gasteiger partial charge in [-0.1, -0.05) is 42.5 Å². The standard InChI is InChI=1S/C22H22N2/c1-23-20-13-9-18(10-14-20)22(17-7-5-4-6-8-17)19-11-15-21(16-12-19)24(2)3/h4-16H,1-3H3/p+1. The van der Waals surface area contributed by atoms with Crippen molar-refractivity contribution in [1.82, 2.24) is 0 Å². The van der Waals surface area contributed by atoms with E-state index >= 15 is 0 Å². The fourth-order valence-electron chi connectivity index (χ4n) is 2.83. The highest BCUT2D eigenvalue weighted by atomic mass is 14.9. The van der Waals surface area contributed by atoms with Gasteiger partial charge in [0.15, 0.2) is 5.71 Å². The van der Waals surface area contributed by atoms with E-state index < -0.39 is 0 Å². The van der Waals surface area contributed by atoms with Crippen LogP contribution in [0.5, 0.6) is 0 Å². The first-order chi connectivity index (χ1) is 11.7. The first-order valence-electron chi connectivity index (χ1n) is 8.17. The Bertz CT molecular complexity index is 813. The normalized spacial score (nSPS) is 13.1. The molecule has 0 spiro atoms. The lowest BCUT2D eigenvalue weighted by molar-refractivity contribution is -0.462. The van der Waals surface area contributed by atoms with Gasteiger partial charge in [-0.3, -0.25) is 0 Å². The van der Waals surface area contributed by atoms with Gasteiger partial charge in [0, 0.05) is 24.9 Å². The summed E-state index contributed by atoms with van der Waals surface area (Å²) in [5.74, 6) is 0. The number of nitrogens with zero attached hydrogens (tertiary/aromatic N) is 1. The van der Waals surface area contributed by atoms with Gasteiger partial charge in [0.25, 0.3) is 0 Å². The Morgan fingerprint density at radius 1 is 0.750 bits per heavy atom. The summed E-state index contributed by atoms with van der Waals surface area (Å²) in [4.78, 5) is 0. The van der Waals surface area contributed by atoms with Gasteiger partial charge in [0.1, 0.15) is 14.1 Å². The smallest absolute Gasteiger partial charge is 0.199 e. The van der Waals surface area contributed by atoms with Crippen LogP contribution in [0.4, 0.5) is 5.69 Å². The number of hydrogen-bond acceptors (Lipinski definition) is 1. The highest BCUT2D eigenvalue weighted by Gasteiger charge is 2.12. The Kier molecular flexibility index (Phi) is 4.76. The van der Waals surface area contributed by atoms with E-state index in [1.54, 1.807) is 0 Å². The number of benzene rings is 2. The molecule has 2 heteroatoms. The van der Waals surface area contributed by atoms with E-state index in [1.807, 2.05) is 7.05 Å². The predicted molar refractivity (Wildman–Crippen MR) is 104 cm³/mol. The molecule has 0 radical (unpaired) electrons. The SMILES string of the molecule is CNc1ccc(C(=C2C=CC(=[N+](C)C)C=C2)c2ccccc2)cc1. The van der Waals surface area contributed by atoms with Crippen molar-refractivity contribution in [2.45, 2.75) is 0 Å². The Hall–Kier alpha value is -2.87. The lowest BCUT2D eigenvalue weighted by Gasteiger charge is -2.14. The third-order valence-electron chi connectivity index (χ3n) is 4.20. The number of anilines is 1. The Balaban J connectivity index is 2.13. The van der Waals surface area contributed by atoms with Crippen LogP contribution in [0.1, 0.15) is 11.1 Å². The molecule has 2 aromatic carbocycles. The summed E-state index contributed by atoms with van der Waals surface area (Å²) in [6.45, 7) is 0. The second kappa shape index (κ2) is 7.14. The monoisotopic (exact) mass is 315 g/mol. The zero-order valence-electron chi connectivity index (χ0n) is 14.5. The quantitative estimate of drug-likeness (QED) is 0.831. The predicted octanol–water partition coefficient (Wildman–Crippen LogP) is 4.37. The van der Waals surface area contributed by atoms with Crippen molar-refractivity contribution in [2.24, 2.45) is 0 Å². The van der Waals surface area contributed by atoms with Gasteiger partial charge in [0.05, 0.1) is 0 Å². The third kappa shape index (κ3) is 3.38. The van der Waals surface area contributed by atoms with Gasteiger partial charge >= 0.3 is 0 Å². The second-order valence-corrected chi connectivity index (χ2v) is 6.01. The van der Waals surface area contributed by atoms with Crippen molar-refractivity contribution in [2.75, 3.05) is 26.5 Å². The van der Waals surface area contributed by atoms with E-state index in [-0.39, 0.29) is 0 Å². The van der Waals surface area contributed by atoms with E-state index in [9.17, 15) is 0 Å². The molecule has 2 aromatic rings. The van der Waals surface area contributed by atoms with Crippen LogP contribution in [0, 0.1) is 0 Å². The molecule has 0 aromatic heterocycles. The van der Waals surface area contributed by atoms with Gasteiger partial charge in [-0.25, -0.2) is 4.58 Å². The summed E-state index contributed by atoms with van der Waals surface area (Å²) in [6, 6.07) is 19.2. The minimum absolute atomic E-state index is 1.12. The molecule has 0 saturated carbocycles. The van der Waals surface area contributed by atoms with Crippen LogP contribution in [0.3, 0.4) is 0 Å². The average molecular weight is 315 g/mol. The maximum atomic E-state index is 3.18.